The minimum absolute atomic E-state index is 0.671. The van der Waals surface area contributed by atoms with E-state index >= 15 is 0 Å². The summed E-state index contributed by atoms with van der Waals surface area (Å²) in [6, 6.07) is 14.1. The smallest absolute Gasteiger partial charge is 0.399 e. The molecule has 2 rings (SSSR count). The van der Waals surface area contributed by atoms with Crippen molar-refractivity contribution < 1.29 is 4.57 Å². The maximum atomic E-state index is 12.1. The predicted octanol–water partition coefficient (Wildman–Crippen LogP) is 1.63. The van der Waals surface area contributed by atoms with E-state index in [1.165, 1.54) is 0 Å². The minimum Gasteiger partial charge on any atom is -0.399 e. The Kier molecular flexibility index (Phi) is 2.88. The lowest BCUT2D eigenvalue weighted by Crippen LogP contribution is -2.06. The monoisotopic (exact) mass is 231 g/mol. The number of hydrogen-bond donors (Lipinski definition) is 2. The zero-order valence-electron chi connectivity index (χ0n) is 8.63. The zero-order chi connectivity index (χ0) is 11.5. The predicted molar refractivity (Wildman–Crippen MR) is 68.6 cm³/mol. The third kappa shape index (κ3) is 2.20. The molecule has 0 aromatic heterocycles. The Bertz CT molecular complexity index is 458. The fourth-order valence-electron chi connectivity index (χ4n) is 1.37. The van der Waals surface area contributed by atoms with Crippen LogP contribution in [0.25, 0.3) is 0 Å². The van der Waals surface area contributed by atoms with Gasteiger partial charge in [0.1, 0.15) is 0 Å². The fraction of sp³-hybridized carbons (Fsp3) is 0. The molecule has 0 unspecified atom stereocenters. The van der Waals surface area contributed by atoms with Crippen LogP contribution in [0.1, 0.15) is 0 Å². The summed E-state index contributed by atoms with van der Waals surface area (Å²) in [5.41, 5.74) is 12.5. The van der Waals surface area contributed by atoms with E-state index in [4.69, 9.17) is 11.5 Å². The van der Waals surface area contributed by atoms with Gasteiger partial charge in [0.25, 0.3) is 0 Å². The summed E-state index contributed by atoms with van der Waals surface area (Å²) in [6.45, 7) is 0. The maximum Gasteiger partial charge on any atom is 0.415 e. The Morgan fingerprint density at radius 2 is 1.00 bits per heavy atom. The van der Waals surface area contributed by atoms with Crippen LogP contribution in [-0.2, 0) is 4.57 Å². The lowest BCUT2D eigenvalue weighted by atomic mass is 10.3. The van der Waals surface area contributed by atoms with Crippen LogP contribution in [0.3, 0.4) is 0 Å². The van der Waals surface area contributed by atoms with Crippen molar-refractivity contribution in [3.8, 4) is 0 Å². The molecular weight excluding hydrogens is 219 g/mol. The highest BCUT2D eigenvalue weighted by atomic mass is 31.1. The van der Waals surface area contributed by atoms with Gasteiger partial charge in [-0.3, -0.25) is 0 Å². The van der Waals surface area contributed by atoms with E-state index < -0.39 is 7.80 Å². The van der Waals surface area contributed by atoms with Crippen molar-refractivity contribution in [2.24, 2.45) is 0 Å². The topological polar surface area (TPSA) is 69.1 Å². The van der Waals surface area contributed by atoms with Gasteiger partial charge in [-0.2, -0.15) is 0 Å². The summed E-state index contributed by atoms with van der Waals surface area (Å²) in [5, 5.41) is 1.54. The number of hydrogen-bond acceptors (Lipinski definition) is 3. The number of rotatable bonds is 2. The first kappa shape index (κ1) is 10.7. The normalized spacial score (nSPS) is 10.0. The molecule has 3 nitrogen and oxygen atoms in total. The highest BCUT2D eigenvalue weighted by Gasteiger charge is 2.22. The molecule has 0 saturated heterocycles. The molecule has 0 radical (unpaired) electrons. The van der Waals surface area contributed by atoms with Gasteiger partial charge in [-0.1, -0.05) is 4.57 Å². The molecule has 0 saturated carbocycles. The second kappa shape index (κ2) is 4.33. The Labute approximate surface area is 94.9 Å². The van der Waals surface area contributed by atoms with Gasteiger partial charge in [-0.15, -0.1) is 0 Å². The fourth-order valence-corrected chi connectivity index (χ4v) is 2.51. The van der Waals surface area contributed by atoms with Crippen LogP contribution in [-0.4, -0.2) is 0 Å². The van der Waals surface area contributed by atoms with Crippen molar-refractivity contribution in [2.45, 2.75) is 0 Å². The average molecular weight is 231 g/mol. The highest BCUT2D eigenvalue weighted by molar-refractivity contribution is 7.61. The lowest BCUT2D eigenvalue weighted by molar-refractivity contribution is 0.598. The lowest BCUT2D eigenvalue weighted by Gasteiger charge is -1.92. The van der Waals surface area contributed by atoms with Crippen LogP contribution in [0.15, 0.2) is 48.5 Å². The molecule has 0 heterocycles. The number of benzene rings is 2. The van der Waals surface area contributed by atoms with Crippen molar-refractivity contribution in [1.29, 1.82) is 0 Å². The SMILES string of the molecule is Nc1ccc([P+](=O)c2ccc(N)cc2)cc1. The van der Waals surface area contributed by atoms with E-state index in [9.17, 15) is 4.57 Å². The van der Waals surface area contributed by atoms with Crippen LogP contribution in [0.4, 0.5) is 11.4 Å². The molecule has 2 aromatic rings. The van der Waals surface area contributed by atoms with E-state index in [0.29, 0.717) is 11.4 Å². The average Bonchev–Trinajstić information content (AvgIpc) is 2.30. The first-order valence-electron chi connectivity index (χ1n) is 4.85. The van der Waals surface area contributed by atoms with Crippen molar-refractivity contribution in [3.05, 3.63) is 48.5 Å². The Morgan fingerprint density at radius 1 is 0.688 bits per heavy atom. The van der Waals surface area contributed by atoms with Crippen LogP contribution in [0, 0.1) is 0 Å². The molecule has 4 heteroatoms. The van der Waals surface area contributed by atoms with Crippen molar-refractivity contribution in [2.75, 3.05) is 11.5 Å². The largest absolute Gasteiger partial charge is 0.415 e. The highest BCUT2D eigenvalue weighted by Crippen LogP contribution is 2.20. The Balaban J connectivity index is 2.32. The third-order valence-corrected chi connectivity index (χ3v) is 3.79. The minimum atomic E-state index is -1.56. The summed E-state index contributed by atoms with van der Waals surface area (Å²) >= 11 is 0. The van der Waals surface area contributed by atoms with E-state index in [1.54, 1.807) is 48.5 Å². The Morgan fingerprint density at radius 3 is 1.31 bits per heavy atom. The molecule has 0 aliphatic heterocycles. The van der Waals surface area contributed by atoms with Crippen LogP contribution in [0.5, 0.6) is 0 Å². The summed E-state index contributed by atoms with van der Waals surface area (Å²) in [6.07, 6.45) is 0. The van der Waals surface area contributed by atoms with Gasteiger partial charge in [0.05, 0.1) is 0 Å². The van der Waals surface area contributed by atoms with Gasteiger partial charge < -0.3 is 11.5 Å². The van der Waals surface area contributed by atoms with Gasteiger partial charge in [0.15, 0.2) is 10.6 Å². The van der Waals surface area contributed by atoms with Crippen LogP contribution >= 0.6 is 7.80 Å². The molecule has 0 amide bonds. The molecule has 80 valence electrons. The quantitative estimate of drug-likeness (QED) is 0.609. The van der Waals surface area contributed by atoms with E-state index in [2.05, 4.69) is 0 Å². The molecule has 0 fully saturated rings. The summed E-state index contributed by atoms with van der Waals surface area (Å²) in [7, 11) is -1.56. The number of nitrogens with two attached hydrogens (primary N) is 2. The van der Waals surface area contributed by atoms with E-state index in [-0.39, 0.29) is 0 Å². The standard InChI is InChI=1S/C12H12N2OP/c13-9-1-5-11(6-2-9)16(15)12-7-3-10(14)4-8-12/h1-8H,13-14H2/q+1. The third-order valence-electron chi connectivity index (χ3n) is 2.26. The molecule has 16 heavy (non-hydrogen) atoms. The summed E-state index contributed by atoms with van der Waals surface area (Å²) < 4.78 is 12.1. The molecule has 0 spiro atoms. The van der Waals surface area contributed by atoms with Crippen LogP contribution < -0.4 is 22.1 Å². The molecule has 4 N–H and O–H groups in total. The molecule has 0 bridgehead atoms. The first-order chi connectivity index (χ1) is 7.66. The summed E-state index contributed by atoms with van der Waals surface area (Å²) in [5.74, 6) is 0. The second-order valence-electron chi connectivity index (χ2n) is 3.48. The molecular formula is C12H12N2OP+. The van der Waals surface area contributed by atoms with E-state index in [1.807, 2.05) is 0 Å². The van der Waals surface area contributed by atoms with Crippen molar-refractivity contribution >= 4 is 29.8 Å². The van der Waals surface area contributed by atoms with Gasteiger partial charge in [0.2, 0.25) is 0 Å². The van der Waals surface area contributed by atoms with Crippen molar-refractivity contribution in [3.63, 3.8) is 0 Å². The van der Waals surface area contributed by atoms with Crippen LogP contribution in [0.2, 0.25) is 0 Å². The van der Waals surface area contributed by atoms with Gasteiger partial charge in [0, 0.05) is 11.4 Å². The second-order valence-corrected chi connectivity index (χ2v) is 5.10. The Hall–Kier alpha value is -1.86. The molecule has 0 aliphatic rings. The number of anilines is 2. The number of nitrogen functional groups attached to an aromatic ring is 2. The van der Waals surface area contributed by atoms with Gasteiger partial charge in [-0.05, 0) is 48.5 Å². The van der Waals surface area contributed by atoms with Gasteiger partial charge >= 0.3 is 7.80 Å². The zero-order valence-corrected chi connectivity index (χ0v) is 9.52. The molecule has 0 atom stereocenters. The van der Waals surface area contributed by atoms with Gasteiger partial charge in [-0.25, -0.2) is 0 Å². The first-order valence-corrected chi connectivity index (χ1v) is 6.11. The van der Waals surface area contributed by atoms with Crippen molar-refractivity contribution in [1.82, 2.24) is 0 Å². The van der Waals surface area contributed by atoms with E-state index in [0.717, 1.165) is 10.6 Å². The maximum absolute atomic E-state index is 12.1. The molecule has 0 aliphatic carbocycles. The summed E-state index contributed by atoms with van der Waals surface area (Å²) in [4.78, 5) is 0. The molecule has 2 aromatic carbocycles.